The van der Waals surface area contributed by atoms with E-state index in [0.717, 1.165) is 16.9 Å². The van der Waals surface area contributed by atoms with Crippen molar-refractivity contribution in [3.8, 4) is 0 Å². The van der Waals surface area contributed by atoms with E-state index in [0.29, 0.717) is 10.8 Å². The predicted molar refractivity (Wildman–Crippen MR) is 65.6 cm³/mol. The molecule has 16 heavy (non-hydrogen) atoms. The van der Waals surface area contributed by atoms with E-state index in [4.69, 9.17) is 11.6 Å². The molecule has 1 atom stereocenters. The Morgan fingerprint density at radius 2 is 2.25 bits per heavy atom. The van der Waals surface area contributed by atoms with Gasteiger partial charge in [-0.15, -0.1) is 11.3 Å². The molecule has 0 aliphatic rings. The lowest BCUT2D eigenvalue weighted by atomic mass is 10.3. The molecular formula is C9H14ClNO3S2. The first kappa shape index (κ1) is 13.9. The molecule has 1 aromatic heterocycles. The van der Waals surface area contributed by atoms with Crippen LogP contribution in [0.3, 0.4) is 0 Å². The third-order valence-corrected chi connectivity index (χ3v) is 5.53. The molecule has 4 nitrogen and oxygen atoms in total. The molecule has 0 fully saturated rings. The number of hydrogen-bond acceptors (Lipinski definition) is 4. The fourth-order valence-corrected chi connectivity index (χ4v) is 3.81. The van der Waals surface area contributed by atoms with E-state index < -0.39 is 16.1 Å². The normalized spacial score (nSPS) is 14.0. The van der Waals surface area contributed by atoms with Crippen molar-refractivity contribution < 1.29 is 13.5 Å². The van der Waals surface area contributed by atoms with Crippen molar-refractivity contribution in [2.24, 2.45) is 0 Å². The number of thiophene rings is 1. The summed E-state index contributed by atoms with van der Waals surface area (Å²) in [7, 11) is -3.54. The minimum atomic E-state index is -3.54. The summed E-state index contributed by atoms with van der Waals surface area (Å²) in [5.41, 5.74) is 0.739. The molecule has 1 aromatic rings. The first-order valence-electron chi connectivity index (χ1n) is 4.80. The lowest BCUT2D eigenvalue weighted by Gasteiger charge is -2.08. The maximum atomic E-state index is 11.7. The quantitative estimate of drug-likeness (QED) is 0.865. The molecule has 0 bridgehead atoms. The molecule has 1 unspecified atom stereocenters. The van der Waals surface area contributed by atoms with Crippen molar-refractivity contribution in [3.05, 3.63) is 16.0 Å². The zero-order valence-electron chi connectivity index (χ0n) is 9.03. The van der Waals surface area contributed by atoms with Crippen LogP contribution in [0.5, 0.6) is 0 Å². The maximum absolute atomic E-state index is 11.7. The van der Waals surface area contributed by atoms with Crippen LogP contribution >= 0.6 is 22.9 Å². The van der Waals surface area contributed by atoms with Crippen molar-refractivity contribution in [1.82, 2.24) is 4.72 Å². The Labute approximate surface area is 104 Å². The highest BCUT2D eigenvalue weighted by Crippen LogP contribution is 2.29. The van der Waals surface area contributed by atoms with Crippen LogP contribution in [0.15, 0.2) is 10.3 Å². The van der Waals surface area contributed by atoms with Gasteiger partial charge in [-0.3, -0.25) is 0 Å². The lowest BCUT2D eigenvalue weighted by Crippen LogP contribution is -2.31. The molecule has 0 saturated heterocycles. The van der Waals surface area contributed by atoms with Crippen LogP contribution in [-0.2, 0) is 10.0 Å². The molecule has 7 heteroatoms. The van der Waals surface area contributed by atoms with Crippen LogP contribution in [-0.4, -0.2) is 26.2 Å². The van der Waals surface area contributed by atoms with Crippen LogP contribution in [0, 0.1) is 6.92 Å². The van der Waals surface area contributed by atoms with E-state index in [-0.39, 0.29) is 10.8 Å². The third-order valence-electron chi connectivity index (χ3n) is 2.08. The summed E-state index contributed by atoms with van der Waals surface area (Å²) in [6.07, 6.45) is -0.154. The summed E-state index contributed by atoms with van der Waals surface area (Å²) in [6, 6.07) is 1.52. The smallest absolute Gasteiger partial charge is 0.250 e. The van der Waals surface area contributed by atoms with E-state index in [9.17, 15) is 13.5 Å². The van der Waals surface area contributed by atoms with Gasteiger partial charge in [-0.25, -0.2) is 13.1 Å². The molecule has 92 valence electrons. The van der Waals surface area contributed by atoms with Crippen molar-refractivity contribution in [2.45, 2.75) is 30.6 Å². The molecule has 0 aromatic carbocycles. The minimum Gasteiger partial charge on any atom is -0.392 e. The number of aliphatic hydroxyl groups is 1. The molecule has 0 spiro atoms. The Morgan fingerprint density at radius 3 is 2.69 bits per heavy atom. The standard InChI is InChI=1S/C9H14ClNO3S2/c1-3-7(12)5-11-16(13,14)8-4-6(2)9(10)15-8/h4,7,11-12H,3,5H2,1-2H3. The highest BCUT2D eigenvalue weighted by Gasteiger charge is 2.18. The molecule has 0 amide bonds. The SMILES string of the molecule is CCC(O)CNS(=O)(=O)c1cc(C)c(Cl)s1. The van der Waals surface area contributed by atoms with E-state index in [1.807, 2.05) is 0 Å². The molecule has 0 aliphatic carbocycles. The van der Waals surface area contributed by atoms with Gasteiger partial charge < -0.3 is 5.11 Å². The van der Waals surface area contributed by atoms with Crippen LogP contribution in [0.1, 0.15) is 18.9 Å². The molecule has 1 heterocycles. The van der Waals surface area contributed by atoms with E-state index in [1.165, 1.54) is 6.07 Å². The van der Waals surface area contributed by atoms with Crippen molar-refractivity contribution >= 4 is 33.0 Å². The van der Waals surface area contributed by atoms with Crippen LogP contribution in [0.2, 0.25) is 4.34 Å². The largest absolute Gasteiger partial charge is 0.392 e. The summed E-state index contributed by atoms with van der Waals surface area (Å²) in [6.45, 7) is 3.55. The molecule has 2 N–H and O–H groups in total. The number of aliphatic hydroxyl groups excluding tert-OH is 1. The fourth-order valence-electron chi connectivity index (χ4n) is 0.986. The van der Waals surface area contributed by atoms with Gasteiger partial charge in [0.2, 0.25) is 10.0 Å². The number of halogens is 1. The first-order chi connectivity index (χ1) is 7.36. The average molecular weight is 284 g/mol. The highest BCUT2D eigenvalue weighted by atomic mass is 35.5. The third kappa shape index (κ3) is 3.43. The van der Waals surface area contributed by atoms with Crippen molar-refractivity contribution in [2.75, 3.05) is 6.54 Å². The average Bonchev–Trinajstić information content (AvgIpc) is 2.56. The Hall–Kier alpha value is -0.140. The lowest BCUT2D eigenvalue weighted by molar-refractivity contribution is 0.174. The van der Waals surface area contributed by atoms with Gasteiger partial charge in [0, 0.05) is 6.54 Å². The summed E-state index contributed by atoms with van der Waals surface area (Å²) in [5, 5.41) is 9.28. The predicted octanol–water partition coefficient (Wildman–Crippen LogP) is 1.76. The molecule has 0 saturated carbocycles. The Bertz CT molecular complexity index is 436. The first-order valence-corrected chi connectivity index (χ1v) is 7.48. The van der Waals surface area contributed by atoms with Gasteiger partial charge in [0.1, 0.15) is 4.21 Å². The zero-order valence-corrected chi connectivity index (χ0v) is 11.4. The van der Waals surface area contributed by atoms with Crippen LogP contribution in [0.4, 0.5) is 0 Å². The van der Waals surface area contributed by atoms with Gasteiger partial charge in [-0.05, 0) is 25.0 Å². The van der Waals surface area contributed by atoms with Gasteiger partial charge in [0.15, 0.2) is 0 Å². The van der Waals surface area contributed by atoms with Crippen molar-refractivity contribution in [1.29, 1.82) is 0 Å². The Morgan fingerprint density at radius 1 is 1.62 bits per heavy atom. The van der Waals surface area contributed by atoms with Gasteiger partial charge >= 0.3 is 0 Å². The molecular weight excluding hydrogens is 270 g/mol. The zero-order chi connectivity index (χ0) is 12.3. The topological polar surface area (TPSA) is 66.4 Å². The summed E-state index contributed by atoms with van der Waals surface area (Å²) < 4.78 is 26.5. The van der Waals surface area contributed by atoms with Gasteiger partial charge in [0.25, 0.3) is 0 Å². The van der Waals surface area contributed by atoms with Gasteiger partial charge in [-0.1, -0.05) is 18.5 Å². The van der Waals surface area contributed by atoms with Crippen LogP contribution in [0.25, 0.3) is 0 Å². The number of sulfonamides is 1. The number of rotatable bonds is 5. The fraction of sp³-hybridized carbons (Fsp3) is 0.556. The summed E-state index contributed by atoms with van der Waals surface area (Å²) >= 11 is 6.82. The monoisotopic (exact) mass is 283 g/mol. The van der Waals surface area contributed by atoms with Gasteiger partial charge in [0.05, 0.1) is 10.4 Å². The molecule has 1 rings (SSSR count). The molecule has 0 aliphatic heterocycles. The highest BCUT2D eigenvalue weighted by molar-refractivity contribution is 7.91. The summed E-state index contributed by atoms with van der Waals surface area (Å²) in [5.74, 6) is 0. The second kappa shape index (κ2) is 5.46. The van der Waals surface area contributed by atoms with E-state index in [1.54, 1.807) is 13.8 Å². The number of aryl methyl sites for hydroxylation is 1. The minimum absolute atomic E-state index is 0.0212. The summed E-state index contributed by atoms with van der Waals surface area (Å²) in [4.78, 5) is 0. The number of nitrogens with one attached hydrogen (secondary N) is 1. The second-order valence-electron chi connectivity index (χ2n) is 3.44. The van der Waals surface area contributed by atoms with E-state index >= 15 is 0 Å². The number of hydrogen-bond donors (Lipinski definition) is 2. The van der Waals surface area contributed by atoms with Crippen LogP contribution < -0.4 is 4.72 Å². The second-order valence-corrected chi connectivity index (χ2v) is 7.08. The molecule has 0 radical (unpaired) electrons. The van der Waals surface area contributed by atoms with Gasteiger partial charge in [-0.2, -0.15) is 0 Å². The Balaban J connectivity index is 2.78. The Kier molecular flexibility index (Phi) is 4.75. The maximum Gasteiger partial charge on any atom is 0.250 e. The van der Waals surface area contributed by atoms with Crippen molar-refractivity contribution in [3.63, 3.8) is 0 Å². The van der Waals surface area contributed by atoms with E-state index in [2.05, 4.69) is 4.72 Å².